The van der Waals surface area contributed by atoms with Crippen molar-refractivity contribution in [2.24, 2.45) is 0 Å². The normalized spacial score (nSPS) is 19.3. The molecular weight excluding hydrogens is 240 g/mol. The first-order valence-corrected chi connectivity index (χ1v) is 9.32. The second kappa shape index (κ2) is 4.56. The van der Waals surface area contributed by atoms with E-state index < -0.39 is 8.32 Å². The Balaban J connectivity index is 2.12. The van der Waals surface area contributed by atoms with Gasteiger partial charge in [0.15, 0.2) is 8.32 Å². The van der Waals surface area contributed by atoms with Crippen molar-refractivity contribution in [3.05, 3.63) is 35.9 Å². The van der Waals surface area contributed by atoms with Gasteiger partial charge in [-0.1, -0.05) is 39.0 Å². The maximum atomic E-state index is 6.23. The summed E-state index contributed by atoms with van der Waals surface area (Å²) < 4.78 is 12.1. The Morgan fingerprint density at radius 1 is 1.17 bits per heavy atom. The van der Waals surface area contributed by atoms with Crippen LogP contribution in [0.1, 0.15) is 26.3 Å². The Kier molecular flexibility index (Phi) is 3.38. The largest absolute Gasteiger partial charge is 0.462 e. The van der Waals surface area contributed by atoms with Crippen LogP contribution >= 0.6 is 0 Å². The fraction of sp³-hybridized carbons (Fsp3) is 0.467. The average molecular weight is 262 g/mol. The van der Waals surface area contributed by atoms with Crippen molar-refractivity contribution in [2.45, 2.75) is 45.2 Å². The third-order valence-electron chi connectivity index (χ3n) is 3.81. The number of benzene rings is 1. The molecule has 3 heteroatoms. The number of ether oxygens (including phenoxy) is 1. The van der Waals surface area contributed by atoms with Gasteiger partial charge in [0.1, 0.15) is 5.75 Å². The maximum Gasteiger partial charge on any atom is 0.211 e. The van der Waals surface area contributed by atoms with Crippen molar-refractivity contribution in [1.82, 2.24) is 0 Å². The Hall–Kier alpha value is -1.06. The highest BCUT2D eigenvalue weighted by molar-refractivity contribution is 6.74. The minimum absolute atomic E-state index is 0.196. The van der Waals surface area contributed by atoms with Gasteiger partial charge in [-0.2, -0.15) is 0 Å². The van der Waals surface area contributed by atoms with Crippen molar-refractivity contribution in [1.29, 1.82) is 0 Å². The van der Waals surface area contributed by atoms with Crippen LogP contribution in [-0.4, -0.2) is 14.6 Å². The first-order valence-electron chi connectivity index (χ1n) is 6.41. The molecule has 0 amide bonds. The molecule has 1 aliphatic heterocycles. The molecule has 1 unspecified atom stereocenters. The standard InChI is InChI=1S/C15H22O2Si/c1-15(2,3)18(4,5)17-14-11-10-12-8-6-7-9-13(12)16-14/h6-11,14H,1-5H3. The first kappa shape index (κ1) is 13.4. The van der Waals surface area contributed by atoms with E-state index in [-0.39, 0.29) is 11.3 Å². The molecule has 2 rings (SSSR count). The summed E-state index contributed by atoms with van der Waals surface area (Å²) in [5.74, 6) is 0.906. The zero-order chi connectivity index (χ0) is 13.4. The van der Waals surface area contributed by atoms with E-state index in [4.69, 9.17) is 9.16 Å². The van der Waals surface area contributed by atoms with Crippen LogP contribution in [0.5, 0.6) is 5.75 Å². The third-order valence-corrected chi connectivity index (χ3v) is 8.25. The van der Waals surface area contributed by atoms with E-state index in [1.54, 1.807) is 0 Å². The Labute approximate surface area is 111 Å². The number of rotatable bonds is 2. The van der Waals surface area contributed by atoms with Gasteiger partial charge in [-0.15, -0.1) is 0 Å². The fourth-order valence-electron chi connectivity index (χ4n) is 1.60. The molecule has 1 atom stereocenters. The molecule has 98 valence electrons. The summed E-state index contributed by atoms with van der Waals surface area (Å²) in [6.07, 6.45) is 3.83. The summed E-state index contributed by atoms with van der Waals surface area (Å²) in [6.45, 7) is 11.2. The number of fused-ring (bicyclic) bond motifs is 1. The summed E-state index contributed by atoms with van der Waals surface area (Å²) in [4.78, 5) is 0. The molecule has 0 radical (unpaired) electrons. The molecule has 1 aliphatic rings. The van der Waals surface area contributed by atoms with Crippen LogP contribution < -0.4 is 4.74 Å². The second-order valence-corrected chi connectivity index (χ2v) is 11.0. The quantitative estimate of drug-likeness (QED) is 0.734. The molecular formula is C15H22O2Si. The maximum absolute atomic E-state index is 6.23. The molecule has 0 fully saturated rings. The zero-order valence-electron chi connectivity index (χ0n) is 11.9. The van der Waals surface area contributed by atoms with Crippen LogP contribution in [0, 0.1) is 0 Å². The topological polar surface area (TPSA) is 18.5 Å². The van der Waals surface area contributed by atoms with Gasteiger partial charge in [0.25, 0.3) is 0 Å². The highest BCUT2D eigenvalue weighted by atomic mass is 28.4. The van der Waals surface area contributed by atoms with E-state index in [1.807, 2.05) is 30.3 Å². The molecule has 0 saturated carbocycles. The molecule has 1 aromatic rings. The van der Waals surface area contributed by atoms with Crippen LogP contribution in [0.4, 0.5) is 0 Å². The fourth-order valence-corrected chi connectivity index (χ4v) is 2.66. The lowest BCUT2D eigenvalue weighted by atomic mass is 10.1. The van der Waals surface area contributed by atoms with Crippen molar-refractivity contribution >= 4 is 14.4 Å². The Bertz CT molecular complexity index is 458. The predicted molar refractivity (Wildman–Crippen MR) is 78.2 cm³/mol. The van der Waals surface area contributed by atoms with E-state index in [2.05, 4.69) is 39.9 Å². The van der Waals surface area contributed by atoms with Gasteiger partial charge in [-0.05, 0) is 36.4 Å². The first-order chi connectivity index (χ1) is 8.29. The van der Waals surface area contributed by atoms with E-state index in [0.29, 0.717) is 0 Å². The average Bonchev–Trinajstić information content (AvgIpc) is 2.27. The lowest BCUT2D eigenvalue weighted by molar-refractivity contribution is 0.0333. The molecule has 0 saturated heterocycles. The number of para-hydroxylation sites is 1. The second-order valence-electron chi connectivity index (χ2n) is 6.26. The molecule has 0 aromatic heterocycles. The molecule has 1 heterocycles. The number of hydrogen-bond donors (Lipinski definition) is 0. The summed E-state index contributed by atoms with van der Waals surface area (Å²) >= 11 is 0. The monoisotopic (exact) mass is 262 g/mol. The smallest absolute Gasteiger partial charge is 0.211 e. The highest BCUT2D eigenvalue weighted by Crippen LogP contribution is 2.38. The molecule has 0 bridgehead atoms. The van der Waals surface area contributed by atoms with Crippen LogP contribution in [0.3, 0.4) is 0 Å². The van der Waals surface area contributed by atoms with Gasteiger partial charge in [-0.3, -0.25) is 0 Å². The van der Waals surface area contributed by atoms with E-state index in [9.17, 15) is 0 Å². The van der Waals surface area contributed by atoms with Crippen LogP contribution in [0.25, 0.3) is 6.08 Å². The van der Waals surface area contributed by atoms with Crippen molar-refractivity contribution in [2.75, 3.05) is 0 Å². The minimum Gasteiger partial charge on any atom is -0.462 e. The molecule has 1 aromatic carbocycles. The summed E-state index contributed by atoms with van der Waals surface area (Å²) in [5, 5.41) is 0.196. The molecule has 0 N–H and O–H groups in total. The van der Waals surface area contributed by atoms with Gasteiger partial charge in [0.05, 0.1) is 0 Å². The van der Waals surface area contributed by atoms with Crippen molar-refractivity contribution < 1.29 is 9.16 Å². The predicted octanol–water partition coefficient (Wildman–Crippen LogP) is 4.44. The summed E-state index contributed by atoms with van der Waals surface area (Å²) in [6, 6.07) is 8.04. The SMILES string of the molecule is CC(C)(C)[Si](C)(C)OC1C=Cc2ccccc2O1. The van der Waals surface area contributed by atoms with Gasteiger partial charge < -0.3 is 9.16 Å². The van der Waals surface area contributed by atoms with Gasteiger partial charge >= 0.3 is 0 Å². The molecule has 18 heavy (non-hydrogen) atoms. The highest BCUT2D eigenvalue weighted by Gasteiger charge is 2.39. The Morgan fingerprint density at radius 2 is 1.83 bits per heavy atom. The summed E-state index contributed by atoms with van der Waals surface area (Å²) in [7, 11) is -1.79. The van der Waals surface area contributed by atoms with E-state index in [0.717, 1.165) is 11.3 Å². The lowest BCUT2D eigenvalue weighted by Gasteiger charge is -2.39. The number of hydrogen-bond acceptors (Lipinski definition) is 2. The van der Waals surface area contributed by atoms with Crippen molar-refractivity contribution in [3.63, 3.8) is 0 Å². The van der Waals surface area contributed by atoms with Gasteiger partial charge in [0.2, 0.25) is 6.29 Å². The van der Waals surface area contributed by atoms with Gasteiger partial charge in [-0.25, -0.2) is 0 Å². The third kappa shape index (κ3) is 2.67. The Morgan fingerprint density at radius 3 is 2.50 bits per heavy atom. The lowest BCUT2D eigenvalue weighted by Crippen LogP contribution is -2.45. The molecule has 0 aliphatic carbocycles. The van der Waals surface area contributed by atoms with Crippen LogP contribution in [0.15, 0.2) is 30.3 Å². The molecule has 2 nitrogen and oxygen atoms in total. The minimum atomic E-state index is -1.79. The summed E-state index contributed by atoms with van der Waals surface area (Å²) in [5.41, 5.74) is 1.12. The van der Waals surface area contributed by atoms with E-state index in [1.165, 1.54) is 0 Å². The zero-order valence-corrected chi connectivity index (χ0v) is 12.9. The van der Waals surface area contributed by atoms with Crippen LogP contribution in [-0.2, 0) is 4.43 Å². The van der Waals surface area contributed by atoms with Crippen LogP contribution in [0.2, 0.25) is 18.1 Å². The molecule has 0 spiro atoms. The van der Waals surface area contributed by atoms with Crippen molar-refractivity contribution in [3.8, 4) is 5.75 Å². The van der Waals surface area contributed by atoms with Gasteiger partial charge in [0, 0.05) is 5.56 Å². The van der Waals surface area contributed by atoms with E-state index >= 15 is 0 Å².